The number of nitrogens with two attached hydrogens (primary N) is 1. The molecule has 0 aliphatic carbocycles. The number of ether oxygens (including phenoxy) is 1. The molecule has 1 aromatic carbocycles. The summed E-state index contributed by atoms with van der Waals surface area (Å²) in [5.74, 6) is 0.190. The van der Waals surface area contributed by atoms with E-state index in [9.17, 15) is 4.79 Å². The van der Waals surface area contributed by atoms with Crippen LogP contribution in [0.25, 0.3) is 0 Å². The largest absolute Gasteiger partial charge is 0.378 e. The number of hydrogen-bond donors (Lipinski definition) is 2. The molecule has 0 spiro atoms. The van der Waals surface area contributed by atoms with Crippen molar-refractivity contribution in [3.05, 3.63) is 35.4 Å². The van der Waals surface area contributed by atoms with E-state index >= 15 is 0 Å². The molecule has 0 saturated carbocycles. The first-order valence-electron chi connectivity index (χ1n) is 6.38. The summed E-state index contributed by atoms with van der Waals surface area (Å²) < 4.78 is 5.52. The Morgan fingerprint density at radius 2 is 2.28 bits per heavy atom. The molecule has 0 aromatic heterocycles. The second-order valence-corrected chi connectivity index (χ2v) is 4.78. The van der Waals surface area contributed by atoms with E-state index < -0.39 is 0 Å². The van der Waals surface area contributed by atoms with Gasteiger partial charge in [-0.2, -0.15) is 0 Å². The monoisotopic (exact) mass is 248 g/mol. The number of rotatable bonds is 5. The third kappa shape index (κ3) is 3.09. The van der Waals surface area contributed by atoms with E-state index in [0.717, 1.165) is 25.1 Å². The van der Waals surface area contributed by atoms with Crippen molar-refractivity contribution in [2.24, 2.45) is 11.7 Å². The van der Waals surface area contributed by atoms with E-state index in [1.807, 2.05) is 18.2 Å². The molecule has 98 valence electrons. The van der Waals surface area contributed by atoms with Gasteiger partial charge >= 0.3 is 0 Å². The fraction of sp³-hybridized carbons (Fsp3) is 0.500. The number of hydrogen-bond acceptors (Lipinski definition) is 3. The predicted molar refractivity (Wildman–Crippen MR) is 70.2 cm³/mol. The molecule has 4 nitrogen and oxygen atoms in total. The molecule has 2 atom stereocenters. The van der Waals surface area contributed by atoms with E-state index in [4.69, 9.17) is 10.5 Å². The Morgan fingerprint density at radius 1 is 1.50 bits per heavy atom. The Kier molecular flexibility index (Phi) is 4.33. The molecule has 0 radical (unpaired) electrons. The Morgan fingerprint density at radius 3 is 2.94 bits per heavy atom. The topological polar surface area (TPSA) is 64.3 Å². The number of carbonyl (C=O) groups excluding carboxylic acids is 1. The molecule has 2 rings (SSSR count). The van der Waals surface area contributed by atoms with Crippen molar-refractivity contribution in [1.29, 1.82) is 0 Å². The van der Waals surface area contributed by atoms with Crippen LogP contribution in [0.2, 0.25) is 0 Å². The fourth-order valence-corrected chi connectivity index (χ4v) is 2.35. The molecule has 1 saturated heterocycles. The molecule has 1 heterocycles. The summed E-state index contributed by atoms with van der Waals surface area (Å²) in [6.07, 6.45) is 1.43. The first kappa shape index (κ1) is 13.1. The highest BCUT2D eigenvalue weighted by molar-refractivity contribution is 5.94. The van der Waals surface area contributed by atoms with E-state index in [-0.39, 0.29) is 5.91 Å². The van der Waals surface area contributed by atoms with Crippen LogP contribution in [-0.2, 0) is 11.3 Å². The summed E-state index contributed by atoms with van der Waals surface area (Å²) in [6.45, 7) is 4.54. The van der Waals surface area contributed by atoms with E-state index in [2.05, 4.69) is 12.2 Å². The second kappa shape index (κ2) is 5.98. The second-order valence-electron chi connectivity index (χ2n) is 4.78. The standard InChI is InChI=1S/C14H20N2O2/c1-10-11(6-7-18-10)8-16-9-12-4-2-3-5-13(12)14(15)17/h2-5,10-11,16H,6-9H2,1H3,(H2,15,17). The van der Waals surface area contributed by atoms with Crippen LogP contribution < -0.4 is 11.1 Å². The molecule has 1 aromatic rings. The quantitative estimate of drug-likeness (QED) is 0.825. The lowest BCUT2D eigenvalue weighted by Gasteiger charge is -2.15. The molecule has 1 amide bonds. The van der Waals surface area contributed by atoms with Crippen molar-refractivity contribution in [3.63, 3.8) is 0 Å². The molecule has 1 fully saturated rings. The van der Waals surface area contributed by atoms with Crippen LogP contribution in [0.15, 0.2) is 24.3 Å². The van der Waals surface area contributed by atoms with Crippen LogP contribution in [0.5, 0.6) is 0 Å². The Hall–Kier alpha value is -1.39. The van der Waals surface area contributed by atoms with Crippen LogP contribution in [-0.4, -0.2) is 25.2 Å². The minimum atomic E-state index is -0.370. The maximum Gasteiger partial charge on any atom is 0.249 e. The number of nitrogens with one attached hydrogen (secondary N) is 1. The molecule has 0 bridgehead atoms. The number of amides is 1. The Labute approximate surface area is 108 Å². The van der Waals surface area contributed by atoms with Gasteiger partial charge in [0.15, 0.2) is 0 Å². The third-order valence-electron chi connectivity index (χ3n) is 3.54. The molecular weight excluding hydrogens is 228 g/mol. The van der Waals surface area contributed by atoms with Crippen molar-refractivity contribution in [2.45, 2.75) is 26.0 Å². The summed E-state index contributed by atoms with van der Waals surface area (Å²) in [6, 6.07) is 7.45. The SMILES string of the molecule is CC1OCCC1CNCc1ccccc1C(N)=O. The number of carbonyl (C=O) groups is 1. The maximum absolute atomic E-state index is 11.3. The van der Waals surface area contributed by atoms with Gasteiger partial charge < -0.3 is 15.8 Å². The Balaban J connectivity index is 1.88. The van der Waals surface area contributed by atoms with E-state index in [1.165, 1.54) is 0 Å². The summed E-state index contributed by atoms with van der Waals surface area (Å²) in [4.78, 5) is 11.3. The zero-order chi connectivity index (χ0) is 13.0. The summed E-state index contributed by atoms with van der Waals surface area (Å²) in [5, 5.41) is 3.38. The van der Waals surface area contributed by atoms with Crippen LogP contribution in [0.3, 0.4) is 0 Å². The highest BCUT2D eigenvalue weighted by Gasteiger charge is 2.23. The third-order valence-corrected chi connectivity index (χ3v) is 3.54. The molecule has 4 heteroatoms. The van der Waals surface area contributed by atoms with Gasteiger partial charge in [0.05, 0.1) is 6.10 Å². The van der Waals surface area contributed by atoms with E-state index in [0.29, 0.717) is 24.1 Å². The molecule has 18 heavy (non-hydrogen) atoms. The molecule has 3 N–H and O–H groups in total. The first-order chi connectivity index (χ1) is 8.68. The minimum absolute atomic E-state index is 0.323. The lowest BCUT2D eigenvalue weighted by atomic mass is 10.0. The van der Waals surface area contributed by atoms with Gasteiger partial charge in [-0.3, -0.25) is 4.79 Å². The van der Waals surface area contributed by atoms with Gasteiger partial charge in [-0.25, -0.2) is 0 Å². The fourth-order valence-electron chi connectivity index (χ4n) is 2.35. The molecular formula is C14H20N2O2. The first-order valence-corrected chi connectivity index (χ1v) is 6.38. The van der Waals surface area contributed by atoms with E-state index in [1.54, 1.807) is 6.07 Å². The van der Waals surface area contributed by atoms with Crippen LogP contribution in [0.1, 0.15) is 29.3 Å². The average molecular weight is 248 g/mol. The van der Waals surface area contributed by atoms with Gasteiger partial charge in [-0.1, -0.05) is 18.2 Å². The van der Waals surface area contributed by atoms with Crippen molar-refractivity contribution >= 4 is 5.91 Å². The van der Waals surface area contributed by atoms with Crippen molar-refractivity contribution in [2.75, 3.05) is 13.2 Å². The highest BCUT2D eigenvalue weighted by Crippen LogP contribution is 2.19. The molecule has 1 aliphatic rings. The van der Waals surface area contributed by atoms with Gasteiger partial charge in [0.1, 0.15) is 0 Å². The average Bonchev–Trinajstić information content (AvgIpc) is 2.76. The number of benzene rings is 1. The van der Waals surface area contributed by atoms with Crippen LogP contribution in [0, 0.1) is 5.92 Å². The van der Waals surface area contributed by atoms with Gasteiger partial charge in [0.2, 0.25) is 5.91 Å². The maximum atomic E-state index is 11.3. The summed E-state index contributed by atoms with van der Waals surface area (Å²) in [5.41, 5.74) is 6.90. The minimum Gasteiger partial charge on any atom is -0.378 e. The lowest BCUT2D eigenvalue weighted by Crippen LogP contribution is -2.27. The Bertz CT molecular complexity index is 420. The number of primary amides is 1. The molecule has 1 aliphatic heterocycles. The normalized spacial score (nSPS) is 23.2. The molecule has 2 unspecified atom stereocenters. The van der Waals surface area contributed by atoms with Crippen LogP contribution >= 0.6 is 0 Å². The smallest absolute Gasteiger partial charge is 0.249 e. The van der Waals surface area contributed by atoms with Crippen molar-refractivity contribution in [3.8, 4) is 0 Å². The van der Waals surface area contributed by atoms with Gasteiger partial charge in [0, 0.05) is 25.3 Å². The van der Waals surface area contributed by atoms with Crippen molar-refractivity contribution in [1.82, 2.24) is 5.32 Å². The highest BCUT2D eigenvalue weighted by atomic mass is 16.5. The zero-order valence-corrected chi connectivity index (χ0v) is 10.7. The van der Waals surface area contributed by atoms with Crippen LogP contribution in [0.4, 0.5) is 0 Å². The van der Waals surface area contributed by atoms with Gasteiger partial charge in [0.25, 0.3) is 0 Å². The zero-order valence-electron chi connectivity index (χ0n) is 10.7. The summed E-state index contributed by atoms with van der Waals surface area (Å²) >= 11 is 0. The predicted octanol–water partition coefficient (Wildman–Crippen LogP) is 1.30. The van der Waals surface area contributed by atoms with Gasteiger partial charge in [-0.05, 0) is 30.9 Å². The summed E-state index contributed by atoms with van der Waals surface area (Å²) in [7, 11) is 0. The lowest BCUT2D eigenvalue weighted by molar-refractivity contribution is 0.0998. The van der Waals surface area contributed by atoms with Crippen molar-refractivity contribution < 1.29 is 9.53 Å². The van der Waals surface area contributed by atoms with Gasteiger partial charge in [-0.15, -0.1) is 0 Å².